The number of benzene rings is 20. The largest absolute Gasteiger partial charge is 3.00 e. The van der Waals surface area contributed by atoms with Crippen molar-refractivity contribution in [2.75, 3.05) is 0 Å². The Bertz CT molecular complexity index is 7050. The maximum atomic E-state index is 11.3. The van der Waals surface area contributed by atoms with Crippen molar-refractivity contribution < 1.29 is 134 Å². The summed E-state index contributed by atoms with van der Waals surface area (Å²) in [7, 11) is 0. The summed E-state index contributed by atoms with van der Waals surface area (Å²) in [6.45, 7) is 0. The fourth-order valence-electron chi connectivity index (χ4n) is 16.8. The standard InChI is InChI=1S/6C15H10O2.2C12H8N2.2Er/c6*16-15(17)14-12-7-3-1-5-10(12)9-11-6-2-4-8-13(11)14;2*1-3-9-5-6-10-4-2-8-14-12(10)11(9)13-7-1;;/h6*1-9H,(H,16,17);2*1-8H;;/q;;;;;;;;2*+3/p-6. The Morgan fingerprint density at radius 1 is 0.144 bits per heavy atom. The minimum Gasteiger partial charge on any atom is -0.545 e. The van der Waals surface area contributed by atoms with E-state index in [1.807, 2.05) is 352 Å². The molecule has 0 saturated heterocycles. The molecule has 0 amide bonds. The van der Waals surface area contributed by atoms with Crippen LogP contribution >= 0.6 is 0 Å². The first-order valence-corrected chi connectivity index (χ1v) is 41.4. The predicted molar refractivity (Wildman–Crippen MR) is 509 cm³/mol. The molecule has 2 radical (unpaired) electrons. The SMILES string of the molecule is O=C([O-])c1c2ccccc2cc2ccccc12.O=C([O-])c1c2ccccc2cc2ccccc12.O=C([O-])c1c2ccccc2cc2ccccc12.O=C([O-])c1c2ccccc2cc2ccccc12.O=C([O-])c1c2ccccc2cc2ccccc12.O=C([O-])c1c2ccccc2cc2ccccc12.[Er+3].[Er+3].c1cnc2c(c1)ccc1cccnc12.c1cnc2c(c1)ccc1cccnc12. The normalized spacial score (nSPS) is 10.7. The average Bonchev–Trinajstić information content (AvgIpc) is 0.779. The summed E-state index contributed by atoms with van der Waals surface area (Å²) in [4.78, 5) is 85.3. The quantitative estimate of drug-likeness (QED) is 0.110. The molecular formula is C114H70Er2N4O12. The Labute approximate surface area is 813 Å². The van der Waals surface area contributed by atoms with E-state index >= 15 is 0 Å². The number of carbonyl (C=O) groups excluding carboxylic acids is 6. The molecule has 4 aromatic heterocycles. The molecule has 0 N–H and O–H groups in total. The number of hydrogen-bond donors (Lipinski definition) is 0. The van der Waals surface area contributed by atoms with E-state index in [2.05, 4.69) is 68.5 Å². The van der Waals surface area contributed by atoms with E-state index < -0.39 is 35.8 Å². The van der Waals surface area contributed by atoms with Crippen LogP contribution in [-0.4, -0.2) is 55.8 Å². The van der Waals surface area contributed by atoms with Crippen LogP contribution in [0, 0.1) is 74.6 Å². The Morgan fingerprint density at radius 2 is 0.250 bits per heavy atom. The molecule has 0 aliphatic heterocycles. The summed E-state index contributed by atoms with van der Waals surface area (Å²) in [5, 5.41) is 92.3. The van der Waals surface area contributed by atoms with E-state index in [-0.39, 0.29) is 108 Å². The zero-order chi connectivity index (χ0) is 89.7. The maximum absolute atomic E-state index is 11.3. The van der Waals surface area contributed by atoms with Crippen molar-refractivity contribution in [3.63, 3.8) is 0 Å². The van der Waals surface area contributed by atoms with Crippen LogP contribution in [0.1, 0.15) is 62.1 Å². The number of aromatic nitrogens is 4. The van der Waals surface area contributed by atoms with Gasteiger partial charge in [0.25, 0.3) is 0 Å². The first-order chi connectivity index (χ1) is 63.5. The second-order valence-corrected chi connectivity index (χ2v) is 30.3. The number of hydrogen-bond acceptors (Lipinski definition) is 16. The van der Waals surface area contributed by atoms with Gasteiger partial charge in [-0.2, -0.15) is 0 Å². The fourth-order valence-corrected chi connectivity index (χ4v) is 16.8. The van der Waals surface area contributed by atoms with Gasteiger partial charge >= 0.3 is 74.6 Å². The van der Waals surface area contributed by atoms with Crippen molar-refractivity contribution in [2.24, 2.45) is 0 Å². The summed E-state index contributed by atoms with van der Waals surface area (Å²) in [5.41, 5.74) is 5.57. The van der Waals surface area contributed by atoms with Crippen molar-refractivity contribution >= 4 is 209 Å². The fraction of sp³-hybridized carbons (Fsp3) is 0. The Morgan fingerprint density at radius 3 is 0.364 bits per heavy atom. The predicted octanol–water partition coefficient (Wildman–Crippen LogP) is 19.7. The van der Waals surface area contributed by atoms with Gasteiger partial charge in [-0.05, 0) is 190 Å². The van der Waals surface area contributed by atoms with Crippen LogP contribution < -0.4 is 30.6 Å². The van der Waals surface area contributed by atoms with Gasteiger partial charge in [-0.15, -0.1) is 0 Å². The molecule has 0 spiro atoms. The van der Waals surface area contributed by atoms with E-state index in [1.165, 1.54) is 0 Å². The van der Waals surface area contributed by atoms with Crippen LogP contribution in [0.3, 0.4) is 0 Å². The second-order valence-electron chi connectivity index (χ2n) is 30.3. The van der Waals surface area contributed by atoms with E-state index in [0.29, 0.717) is 0 Å². The van der Waals surface area contributed by atoms with Gasteiger partial charge in [-0.3, -0.25) is 19.9 Å². The van der Waals surface area contributed by atoms with E-state index in [9.17, 15) is 59.4 Å². The van der Waals surface area contributed by atoms with E-state index in [1.54, 1.807) is 24.8 Å². The van der Waals surface area contributed by atoms with Crippen LogP contribution in [0.25, 0.3) is 173 Å². The number of fused-ring (bicyclic) bond motifs is 18. The average molecular weight is 2020 g/mol. The van der Waals surface area contributed by atoms with Gasteiger partial charge in [0.2, 0.25) is 0 Å². The molecule has 24 aromatic rings. The van der Waals surface area contributed by atoms with Gasteiger partial charge in [0.15, 0.2) is 0 Å². The van der Waals surface area contributed by atoms with E-state index in [0.717, 1.165) is 173 Å². The van der Waals surface area contributed by atoms with Gasteiger partial charge < -0.3 is 59.4 Å². The summed E-state index contributed by atoms with van der Waals surface area (Å²) >= 11 is 0. The smallest absolute Gasteiger partial charge is 0.545 e. The third-order valence-electron chi connectivity index (χ3n) is 22.5. The topological polar surface area (TPSA) is 292 Å². The third-order valence-corrected chi connectivity index (χ3v) is 22.5. The molecule has 4 heterocycles. The van der Waals surface area contributed by atoms with Crippen molar-refractivity contribution in [1.29, 1.82) is 0 Å². The molecule has 0 bridgehead atoms. The molecule has 24 rings (SSSR count). The van der Waals surface area contributed by atoms with Crippen LogP contribution in [0.15, 0.2) is 425 Å². The molecule has 18 heteroatoms. The molecule has 20 aromatic carbocycles. The monoisotopic (exact) mass is 2020 g/mol. The van der Waals surface area contributed by atoms with Crippen LogP contribution in [-0.2, 0) is 0 Å². The number of aromatic carboxylic acids is 6. The van der Waals surface area contributed by atoms with Gasteiger partial charge in [-0.25, -0.2) is 0 Å². The van der Waals surface area contributed by atoms with Crippen molar-refractivity contribution in [2.45, 2.75) is 0 Å². The number of carboxylic acids is 6. The molecule has 0 fully saturated rings. The first kappa shape index (κ1) is 91.2. The van der Waals surface area contributed by atoms with Crippen LogP contribution in [0.2, 0.25) is 0 Å². The van der Waals surface area contributed by atoms with Gasteiger partial charge in [0, 0.05) is 79.7 Å². The summed E-state index contributed by atoms with van der Waals surface area (Å²) in [6.07, 6.45) is 7.21. The molecule has 0 aliphatic carbocycles. The van der Waals surface area contributed by atoms with Crippen LogP contribution in [0.5, 0.6) is 0 Å². The third kappa shape index (κ3) is 19.6. The summed E-state index contributed by atoms with van der Waals surface area (Å²) in [6, 6.07) is 126. The molecule has 0 unspecified atom stereocenters. The van der Waals surface area contributed by atoms with Crippen molar-refractivity contribution in [3.8, 4) is 0 Å². The number of rotatable bonds is 6. The van der Waals surface area contributed by atoms with Crippen molar-refractivity contribution in [3.05, 3.63) is 459 Å². The minimum absolute atomic E-state index is 0. The van der Waals surface area contributed by atoms with Crippen molar-refractivity contribution in [1.82, 2.24) is 19.9 Å². The van der Waals surface area contributed by atoms with Gasteiger partial charge in [0.1, 0.15) is 0 Å². The first-order valence-electron chi connectivity index (χ1n) is 41.4. The number of nitrogens with zero attached hydrogens (tertiary/aromatic N) is 4. The molecule has 16 nitrogen and oxygen atoms in total. The maximum Gasteiger partial charge on any atom is 3.00 e. The minimum atomic E-state index is -1.13. The molecule has 0 saturated carbocycles. The van der Waals surface area contributed by atoms with E-state index in [4.69, 9.17) is 0 Å². The molecule has 0 atom stereocenters. The summed E-state index contributed by atoms with van der Waals surface area (Å²) < 4.78 is 0. The zero-order valence-corrected chi connectivity index (χ0v) is 73.4. The Hall–Kier alpha value is -15.5. The molecular weight excluding hydrogens is 1950 g/mol. The van der Waals surface area contributed by atoms with Gasteiger partial charge in [0.05, 0.1) is 57.9 Å². The number of carbonyl (C=O) groups is 6. The molecule has 132 heavy (non-hydrogen) atoms. The number of pyridine rings is 4. The Kier molecular flexibility index (Phi) is 28.8. The second kappa shape index (κ2) is 41.7. The molecule has 0 aliphatic rings. The summed E-state index contributed by atoms with van der Waals surface area (Å²) in [5.74, 6) is -6.76. The Balaban J connectivity index is 0.000000115. The van der Waals surface area contributed by atoms with Gasteiger partial charge in [-0.1, -0.05) is 340 Å². The van der Waals surface area contributed by atoms with Crippen LogP contribution in [0.4, 0.5) is 0 Å². The zero-order valence-electron chi connectivity index (χ0n) is 69.7. The molecule has 642 valence electrons. The number of carboxylic acid groups (broad SMARTS) is 6.